The topological polar surface area (TPSA) is 43.4 Å². The molecule has 0 unspecified atom stereocenters. The first-order chi connectivity index (χ1) is 12.5. The number of ketones is 2. The van der Waals surface area contributed by atoms with E-state index in [-0.39, 0.29) is 17.2 Å². The Labute approximate surface area is 150 Å². The lowest BCUT2D eigenvalue weighted by atomic mass is 9.96. The van der Waals surface area contributed by atoms with E-state index in [0.29, 0.717) is 17.0 Å². The van der Waals surface area contributed by atoms with Gasteiger partial charge in [-0.3, -0.25) is 9.59 Å². The highest BCUT2D eigenvalue weighted by Crippen LogP contribution is 2.45. The van der Waals surface area contributed by atoms with Crippen LogP contribution in [0.3, 0.4) is 0 Å². The number of Topliss-reactive ketones (excluding diaryl/α,β-unsaturated/α-hetero) is 2. The first-order valence-corrected chi connectivity index (χ1v) is 8.80. The molecule has 4 rings (SSSR count). The SMILES string of the molecule is O=C(C(=O)c1ccc(OC(F)F)c(C2CC2)c1)c1cccc(C2CC2)c1. The quantitative estimate of drug-likeness (QED) is 0.511. The minimum Gasteiger partial charge on any atom is -0.435 e. The van der Waals surface area contributed by atoms with Crippen molar-refractivity contribution < 1.29 is 23.1 Å². The van der Waals surface area contributed by atoms with E-state index in [0.717, 1.165) is 31.2 Å². The smallest absolute Gasteiger partial charge is 0.387 e. The summed E-state index contributed by atoms with van der Waals surface area (Å²) in [6, 6.07) is 11.5. The average molecular weight is 356 g/mol. The molecule has 2 aliphatic carbocycles. The van der Waals surface area contributed by atoms with Gasteiger partial charge in [-0.1, -0.05) is 18.2 Å². The van der Waals surface area contributed by atoms with Crippen LogP contribution in [0.1, 0.15) is 69.4 Å². The normalized spacial score (nSPS) is 16.6. The molecule has 0 aromatic heterocycles. The standard InChI is InChI=1S/C21H18F2O3/c22-21(23)26-18-9-8-16(11-17(18)13-6-7-13)20(25)19(24)15-3-1-2-14(10-15)12-4-5-12/h1-3,8-13,21H,4-7H2. The number of benzene rings is 2. The van der Waals surface area contributed by atoms with Gasteiger partial charge in [0.05, 0.1) is 0 Å². The molecule has 0 atom stereocenters. The lowest BCUT2D eigenvalue weighted by molar-refractivity contribution is -0.0504. The highest BCUT2D eigenvalue weighted by atomic mass is 19.3. The van der Waals surface area contributed by atoms with Crippen molar-refractivity contribution in [2.75, 3.05) is 0 Å². The summed E-state index contributed by atoms with van der Waals surface area (Å²) in [5.41, 5.74) is 2.26. The van der Waals surface area contributed by atoms with Crippen LogP contribution in [0.15, 0.2) is 42.5 Å². The number of ether oxygens (including phenoxy) is 1. The Bertz CT molecular complexity index is 867. The molecule has 2 aromatic rings. The number of hydrogen-bond acceptors (Lipinski definition) is 3. The molecule has 0 amide bonds. The lowest BCUT2D eigenvalue weighted by Crippen LogP contribution is -2.15. The third kappa shape index (κ3) is 3.52. The van der Waals surface area contributed by atoms with Crippen LogP contribution < -0.4 is 4.74 Å². The van der Waals surface area contributed by atoms with Crippen LogP contribution in [-0.4, -0.2) is 18.2 Å². The molecule has 2 fully saturated rings. The van der Waals surface area contributed by atoms with Crippen LogP contribution >= 0.6 is 0 Å². The van der Waals surface area contributed by atoms with Crippen molar-refractivity contribution in [1.82, 2.24) is 0 Å². The first-order valence-electron chi connectivity index (χ1n) is 8.80. The number of halogens is 2. The molecule has 2 aliphatic rings. The van der Waals surface area contributed by atoms with Crippen molar-refractivity contribution in [3.05, 3.63) is 64.7 Å². The maximum absolute atomic E-state index is 12.6. The Morgan fingerprint density at radius 3 is 2.15 bits per heavy atom. The van der Waals surface area contributed by atoms with E-state index in [4.69, 9.17) is 0 Å². The zero-order valence-corrected chi connectivity index (χ0v) is 14.1. The molecule has 134 valence electrons. The Hall–Kier alpha value is -2.56. The zero-order chi connectivity index (χ0) is 18.3. The third-order valence-corrected chi connectivity index (χ3v) is 4.91. The van der Waals surface area contributed by atoms with Crippen LogP contribution in [0.4, 0.5) is 8.78 Å². The Morgan fingerprint density at radius 1 is 0.885 bits per heavy atom. The van der Waals surface area contributed by atoms with Gasteiger partial charge in [0.25, 0.3) is 0 Å². The van der Waals surface area contributed by atoms with Crippen LogP contribution in [0, 0.1) is 0 Å². The zero-order valence-electron chi connectivity index (χ0n) is 14.1. The molecule has 5 heteroatoms. The summed E-state index contributed by atoms with van der Waals surface area (Å²) in [6.45, 7) is -2.92. The van der Waals surface area contributed by atoms with E-state index in [2.05, 4.69) is 4.74 Å². The Kier molecular flexibility index (Phi) is 4.31. The van der Waals surface area contributed by atoms with Crippen molar-refractivity contribution >= 4 is 11.6 Å². The predicted molar refractivity (Wildman–Crippen MR) is 92.1 cm³/mol. The van der Waals surface area contributed by atoms with Gasteiger partial charge in [-0.25, -0.2) is 0 Å². The largest absolute Gasteiger partial charge is 0.435 e. The van der Waals surface area contributed by atoms with Crippen molar-refractivity contribution in [1.29, 1.82) is 0 Å². The molecular weight excluding hydrogens is 338 g/mol. The highest BCUT2D eigenvalue weighted by Gasteiger charge is 2.30. The van der Waals surface area contributed by atoms with Gasteiger partial charge >= 0.3 is 6.61 Å². The molecule has 3 nitrogen and oxygen atoms in total. The third-order valence-electron chi connectivity index (χ3n) is 4.91. The van der Waals surface area contributed by atoms with Gasteiger partial charge in [0.2, 0.25) is 11.6 Å². The highest BCUT2D eigenvalue weighted by molar-refractivity contribution is 6.49. The fourth-order valence-electron chi connectivity index (χ4n) is 3.22. The van der Waals surface area contributed by atoms with Gasteiger partial charge in [-0.15, -0.1) is 0 Å². The molecule has 26 heavy (non-hydrogen) atoms. The Balaban J connectivity index is 1.60. The second kappa shape index (κ2) is 6.63. The Morgan fingerprint density at radius 2 is 1.54 bits per heavy atom. The van der Waals surface area contributed by atoms with Gasteiger partial charge in [0, 0.05) is 11.1 Å². The second-order valence-electron chi connectivity index (χ2n) is 6.96. The fraction of sp³-hybridized carbons (Fsp3) is 0.333. The van der Waals surface area contributed by atoms with E-state index < -0.39 is 18.2 Å². The molecule has 0 spiro atoms. The van der Waals surface area contributed by atoms with E-state index in [1.807, 2.05) is 6.07 Å². The monoisotopic (exact) mass is 356 g/mol. The molecule has 2 saturated carbocycles. The van der Waals surface area contributed by atoms with Crippen molar-refractivity contribution in [3.8, 4) is 5.75 Å². The summed E-state index contributed by atoms with van der Waals surface area (Å²) in [5, 5.41) is 0. The summed E-state index contributed by atoms with van der Waals surface area (Å²) < 4.78 is 29.7. The minimum atomic E-state index is -2.92. The maximum Gasteiger partial charge on any atom is 0.387 e. The summed E-state index contributed by atoms with van der Waals surface area (Å²) in [4.78, 5) is 25.2. The van der Waals surface area contributed by atoms with Crippen LogP contribution in [0.2, 0.25) is 0 Å². The molecule has 0 aliphatic heterocycles. The summed E-state index contributed by atoms with van der Waals surface area (Å²) in [6.07, 6.45) is 3.97. The maximum atomic E-state index is 12.6. The van der Waals surface area contributed by atoms with Crippen molar-refractivity contribution in [3.63, 3.8) is 0 Å². The molecule has 0 N–H and O–H groups in total. The molecule has 0 bridgehead atoms. The van der Waals surface area contributed by atoms with Gasteiger partial charge in [-0.05, 0) is 72.9 Å². The second-order valence-corrected chi connectivity index (χ2v) is 6.96. The molecule has 2 aromatic carbocycles. The van der Waals surface area contributed by atoms with Crippen molar-refractivity contribution in [2.24, 2.45) is 0 Å². The number of rotatable bonds is 7. The van der Waals surface area contributed by atoms with Crippen LogP contribution in [0.5, 0.6) is 5.75 Å². The van der Waals surface area contributed by atoms with Gasteiger partial charge < -0.3 is 4.74 Å². The summed E-state index contributed by atoms with van der Waals surface area (Å²) >= 11 is 0. The average Bonchev–Trinajstić information content (AvgIpc) is 3.53. The summed E-state index contributed by atoms with van der Waals surface area (Å²) in [7, 11) is 0. The lowest BCUT2D eigenvalue weighted by Gasteiger charge is -2.11. The molecule has 0 heterocycles. The van der Waals surface area contributed by atoms with Crippen LogP contribution in [-0.2, 0) is 0 Å². The molecule has 0 saturated heterocycles. The minimum absolute atomic E-state index is 0.0854. The predicted octanol–water partition coefficient (Wildman–Crippen LogP) is 5.11. The molecular formula is C21H18F2O3. The van der Waals surface area contributed by atoms with Crippen LogP contribution in [0.25, 0.3) is 0 Å². The number of hydrogen-bond donors (Lipinski definition) is 0. The van der Waals surface area contributed by atoms with Gasteiger partial charge in [0.15, 0.2) is 0 Å². The van der Waals surface area contributed by atoms with E-state index >= 15 is 0 Å². The van der Waals surface area contributed by atoms with E-state index in [1.54, 1.807) is 18.2 Å². The first kappa shape index (κ1) is 16.9. The number of alkyl halides is 2. The van der Waals surface area contributed by atoms with E-state index in [1.165, 1.54) is 18.2 Å². The number of carbonyl (C=O) groups excluding carboxylic acids is 2. The van der Waals surface area contributed by atoms with Gasteiger partial charge in [-0.2, -0.15) is 8.78 Å². The molecule has 0 radical (unpaired) electrons. The van der Waals surface area contributed by atoms with Crippen molar-refractivity contribution in [2.45, 2.75) is 44.1 Å². The number of carbonyl (C=O) groups is 2. The summed E-state index contributed by atoms with van der Waals surface area (Å²) in [5.74, 6) is -0.502. The fourth-order valence-corrected chi connectivity index (χ4v) is 3.22. The van der Waals surface area contributed by atoms with Gasteiger partial charge in [0.1, 0.15) is 5.75 Å². The van der Waals surface area contributed by atoms with E-state index in [9.17, 15) is 18.4 Å².